The number of nitrogens with one attached hydrogen (secondary N) is 1. The van der Waals surface area contributed by atoms with E-state index in [-0.39, 0.29) is 6.61 Å². The lowest BCUT2D eigenvalue weighted by molar-refractivity contribution is -0.291. The van der Waals surface area contributed by atoms with Crippen LogP contribution >= 0.6 is 0 Å². The van der Waals surface area contributed by atoms with E-state index in [0.29, 0.717) is 25.7 Å². The van der Waals surface area contributed by atoms with Gasteiger partial charge >= 0.3 is 18.4 Å². The standard InChI is InChI=1S/C12H18F3NO4/c1-3-5-11(6-4-2)8(7-19-9(11)17)16-10(18)20-12(13,14)15/h8H,3-7H2,1-2H3,(H,16,18)/t8-/m1/s1. The predicted molar refractivity (Wildman–Crippen MR) is 62.7 cm³/mol. The molecule has 0 saturated carbocycles. The van der Waals surface area contributed by atoms with Gasteiger partial charge in [-0.3, -0.25) is 4.79 Å². The molecule has 1 rings (SSSR count). The van der Waals surface area contributed by atoms with Gasteiger partial charge in [0.25, 0.3) is 0 Å². The van der Waals surface area contributed by atoms with Crippen molar-refractivity contribution < 1.29 is 32.2 Å². The number of halogens is 3. The van der Waals surface area contributed by atoms with Crippen LogP contribution in [0.3, 0.4) is 0 Å². The molecule has 1 atom stereocenters. The third kappa shape index (κ3) is 3.77. The van der Waals surface area contributed by atoms with E-state index in [0.717, 1.165) is 0 Å². The maximum absolute atomic E-state index is 12.0. The first kappa shape index (κ1) is 16.6. The van der Waals surface area contributed by atoms with Gasteiger partial charge in [0.05, 0.1) is 11.5 Å². The largest absolute Gasteiger partial charge is 0.576 e. The molecule has 1 aliphatic heterocycles. The zero-order valence-corrected chi connectivity index (χ0v) is 11.4. The van der Waals surface area contributed by atoms with Crippen LogP contribution in [0.4, 0.5) is 18.0 Å². The normalized spacial score (nSPS) is 21.4. The number of carbonyl (C=O) groups is 2. The van der Waals surface area contributed by atoms with Crippen LogP contribution in [0.1, 0.15) is 39.5 Å². The average Bonchev–Trinajstić information content (AvgIpc) is 2.57. The van der Waals surface area contributed by atoms with Crippen LogP contribution in [-0.2, 0) is 14.3 Å². The number of carbonyl (C=O) groups excluding carboxylic acids is 2. The first-order valence-electron chi connectivity index (χ1n) is 6.48. The summed E-state index contributed by atoms with van der Waals surface area (Å²) in [6.07, 6.45) is -4.47. The molecular weight excluding hydrogens is 279 g/mol. The monoisotopic (exact) mass is 297 g/mol. The quantitative estimate of drug-likeness (QED) is 0.792. The maximum Gasteiger partial charge on any atom is 0.576 e. The summed E-state index contributed by atoms with van der Waals surface area (Å²) in [6, 6.07) is -0.801. The van der Waals surface area contributed by atoms with E-state index in [1.807, 2.05) is 13.8 Å². The molecule has 0 bridgehead atoms. The SMILES string of the molecule is CCCC1(CCC)C(=O)OC[C@H]1NC(=O)OC(F)(F)F. The fourth-order valence-electron chi connectivity index (χ4n) is 2.63. The molecule has 5 nitrogen and oxygen atoms in total. The van der Waals surface area contributed by atoms with Crippen molar-refractivity contribution in [2.75, 3.05) is 6.61 Å². The van der Waals surface area contributed by atoms with Gasteiger partial charge in [-0.05, 0) is 12.8 Å². The number of esters is 1. The number of alkyl carbamates (subject to hydrolysis) is 1. The van der Waals surface area contributed by atoms with Gasteiger partial charge in [0.15, 0.2) is 0 Å². The Kier molecular flexibility index (Phi) is 5.24. The zero-order valence-electron chi connectivity index (χ0n) is 11.4. The fraction of sp³-hybridized carbons (Fsp3) is 0.833. The van der Waals surface area contributed by atoms with Gasteiger partial charge in [-0.1, -0.05) is 26.7 Å². The minimum atomic E-state index is -5.05. The van der Waals surface area contributed by atoms with Crippen LogP contribution in [0.15, 0.2) is 0 Å². The molecule has 1 amide bonds. The van der Waals surface area contributed by atoms with Gasteiger partial charge < -0.3 is 14.8 Å². The van der Waals surface area contributed by atoms with E-state index in [1.54, 1.807) is 0 Å². The van der Waals surface area contributed by atoms with Gasteiger partial charge in [-0.25, -0.2) is 4.79 Å². The van der Waals surface area contributed by atoms with Crippen LogP contribution in [-0.4, -0.2) is 31.1 Å². The minimum absolute atomic E-state index is 0.133. The van der Waals surface area contributed by atoms with E-state index < -0.39 is 29.9 Å². The molecule has 0 aromatic rings. The van der Waals surface area contributed by atoms with Crippen molar-refractivity contribution in [3.63, 3.8) is 0 Å². The van der Waals surface area contributed by atoms with Crippen LogP contribution < -0.4 is 5.32 Å². The zero-order chi connectivity index (χ0) is 15.4. The van der Waals surface area contributed by atoms with E-state index in [1.165, 1.54) is 0 Å². The summed E-state index contributed by atoms with van der Waals surface area (Å²) in [6.45, 7) is 3.58. The van der Waals surface area contributed by atoms with Gasteiger partial charge in [0.2, 0.25) is 0 Å². The van der Waals surface area contributed by atoms with E-state index in [4.69, 9.17) is 4.74 Å². The number of hydrogen-bond acceptors (Lipinski definition) is 4. The second kappa shape index (κ2) is 6.32. The summed E-state index contributed by atoms with van der Waals surface area (Å²) < 4.78 is 44.1. The van der Waals surface area contributed by atoms with E-state index in [2.05, 4.69) is 10.1 Å². The van der Waals surface area contributed by atoms with Crippen molar-refractivity contribution in [2.45, 2.75) is 51.9 Å². The third-order valence-electron chi connectivity index (χ3n) is 3.35. The molecule has 1 N–H and O–H groups in total. The molecule has 0 radical (unpaired) electrons. The van der Waals surface area contributed by atoms with Crippen molar-refractivity contribution >= 4 is 12.1 Å². The Morgan fingerprint density at radius 1 is 1.40 bits per heavy atom. The molecule has 116 valence electrons. The lowest BCUT2D eigenvalue weighted by Crippen LogP contribution is -2.49. The Morgan fingerprint density at radius 2 is 1.95 bits per heavy atom. The summed E-state index contributed by atoms with van der Waals surface area (Å²) >= 11 is 0. The highest BCUT2D eigenvalue weighted by Crippen LogP contribution is 2.39. The highest BCUT2D eigenvalue weighted by atomic mass is 19.4. The summed E-state index contributed by atoms with van der Waals surface area (Å²) in [5.74, 6) is -0.474. The Balaban J connectivity index is 2.81. The topological polar surface area (TPSA) is 64.6 Å². The van der Waals surface area contributed by atoms with Crippen LogP contribution in [0, 0.1) is 5.41 Å². The Bertz CT molecular complexity index is 364. The number of hydrogen-bond donors (Lipinski definition) is 1. The predicted octanol–water partition coefficient (Wildman–Crippen LogP) is 2.74. The average molecular weight is 297 g/mol. The highest BCUT2D eigenvalue weighted by molar-refractivity contribution is 5.81. The summed E-state index contributed by atoms with van der Waals surface area (Å²) in [5.41, 5.74) is -0.964. The third-order valence-corrected chi connectivity index (χ3v) is 3.35. The maximum atomic E-state index is 12.0. The lowest BCUT2D eigenvalue weighted by Gasteiger charge is -2.30. The van der Waals surface area contributed by atoms with Gasteiger partial charge in [0.1, 0.15) is 6.61 Å². The second-order valence-electron chi connectivity index (χ2n) is 4.79. The molecule has 1 saturated heterocycles. The summed E-state index contributed by atoms with van der Waals surface area (Å²) in [5, 5.41) is 2.10. The van der Waals surface area contributed by atoms with Gasteiger partial charge in [0, 0.05) is 0 Å². The highest BCUT2D eigenvalue weighted by Gasteiger charge is 2.52. The first-order valence-corrected chi connectivity index (χ1v) is 6.48. The molecule has 0 aromatic carbocycles. The number of ether oxygens (including phenoxy) is 2. The Labute approximate surface area is 114 Å². The number of alkyl halides is 3. The molecule has 8 heteroatoms. The van der Waals surface area contributed by atoms with Crippen molar-refractivity contribution in [1.29, 1.82) is 0 Å². The molecule has 1 heterocycles. The van der Waals surface area contributed by atoms with Crippen LogP contribution in [0.5, 0.6) is 0 Å². The van der Waals surface area contributed by atoms with Gasteiger partial charge in [-0.15, -0.1) is 13.2 Å². The molecule has 1 aliphatic rings. The number of rotatable bonds is 5. The van der Waals surface area contributed by atoms with Crippen molar-refractivity contribution in [3.05, 3.63) is 0 Å². The summed E-state index contributed by atoms with van der Waals surface area (Å²) in [4.78, 5) is 23.1. The Hall–Kier alpha value is -1.47. The fourth-order valence-corrected chi connectivity index (χ4v) is 2.63. The second-order valence-corrected chi connectivity index (χ2v) is 4.79. The van der Waals surface area contributed by atoms with E-state index >= 15 is 0 Å². The molecule has 0 aromatic heterocycles. The minimum Gasteiger partial charge on any atom is -0.463 e. The van der Waals surface area contributed by atoms with Crippen molar-refractivity contribution in [3.8, 4) is 0 Å². The smallest absolute Gasteiger partial charge is 0.463 e. The molecule has 1 fully saturated rings. The molecule has 20 heavy (non-hydrogen) atoms. The van der Waals surface area contributed by atoms with Crippen LogP contribution in [0.2, 0.25) is 0 Å². The lowest BCUT2D eigenvalue weighted by atomic mass is 9.75. The van der Waals surface area contributed by atoms with Crippen molar-refractivity contribution in [2.24, 2.45) is 5.41 Å². The molecule has 0 unspecified atom stereocenters. The van der Waals surface area contributed by atoms with Crippen LogP contribution in [0.25, 0.3) is 0 Å². The van der Waals surface area contributed by atoms with Crippen molar-refractivity contribution in [1.82, 2.24) is 5.32 Å². The molecule has 0 spiro atoms. The van der Waals surface area contributed by atoms with Gasteiger partial charge in [-0.2, -0.15) is 0 Å². The Morgan fingerprint density at radius 3 is 2.40 bits per heavy atom. The number of cyclic esters (lactones) is 1. The molecular formula is C12H18F3NO4. The number of amides is 1. The summed E-state index contributed by atoms with van der Waals surface area (Å²) in [7, 11) is 0. The molecule has 0 aliphatic carbocycles. The van der Waals surface area contributed by atoms with E-state index in [9.17, 15) is 22.8 Å². The first-order chi connectivity index (χ1) is 9.25.